The molecule has 7 heteroatoms. The Morgan fingerprint density at radius 1 is 1.08 bits per heavy atom. The number of halogens is 3. The number of fused-ring (bicyclic) bond motifs is 1. The summed E-state index contributed by atoms with van der Waals surface area (Å²) in [5.74, 6) is 0.431. The average molecular weight is 336 g/mol. The van der Waals surface area contributed by atoms with E-state index in [2.05, 4.69) is 9.72 Å². The number of benzene rings is 1. The van der Waals surface area contributed by atoms with Crippen LogP contribution in [-0.4, -0.2) is 23.0 Å². The van der Waals surface area contributed by atoms with Crippen molar-refractivity contribution in [3.63, 3.8) is 0 Å². The third kappa shape index (κ3) is 3.29. The molecule has 126 valence electrons. The van der Waals surface area contributed by atoms with Crippen LogP contribution in [0.25, 0.3) is 10.9 Å². The van der Waals surface area contributed by atoms with E-state index in [1.807, 2.05) is 29.8 Å². The Morgan fingerprint density at radius 2 is 1.83 bits per heavy atom. The summed E-state index contributed by atoms with van der Waals surface area (Å²) in [5, 5.41) is 0.664. The maximum Gasteiger partial charge on any atom is 0.573 e. The molecule has 0 bridgehead atoms. The highest BCUT2D eigenvalue weighted by molar-refractivity contribution is 5.82. The predicted octanol–water partition coefficient (Wildman–Crippen LogP) is 4.55. The lowest BCUT2D eigenvalue weighted by Crippen LogP contribution is -2.17. The van der Waals surface area contributed by atoms with Crippen LogP contribution in [0.15, 0.2) is 48.8 Å². The molecule has 0 saturated carbocycles. The van der Waals surface area contributed by atoms with E-state index in [-0.39, 0.29) is 11.8 Å². The minimum atomic E-state index is -4.70. The van der Waals surface area contributed by atoms with Gasteiger partial charge in [0.25, 0.3) is 0 Å². The summed E-state index contributed by atoms with van der Waals surface area (Å²) < 4.78 is 47.9. The van der Waals surface area contributed by atoms with E-state index in [1.165, 1.54) is 12.1 Å². The van der Waals surface area contributed by atoms with E-state index in [0.717, 1.165) is 11.2 Å². The number of rotatable bonds is 4. The molecule has 0 radical (unpaired) electrons. The van der Waals surface area contributed by atoms with Crippen molar-refractivity contribution in [3.05, 3.63) is 54.5 Å². The highest BCUT2D eigenvalue weighted by atomic mass is 19.4. The molecule has 4 nitrogen and oxygen atoms in total. The topological polar surface area (TPSA) is 36.3 Å². The normalized spacial score (nSPS) is 13.0. The Labute approximate surface area is 136 Å². The molecule has 3 rings (SSSR count). The van der Waals surface area contributed by atoms with Crippen LogP contribution in [0.2, 0.25) is 0 Å². The van der Waals surface area contributed by atoms with Crippen LogP contribution < -0.4 is 9.47 Å². The number of methoxy groups -OCH3 is 1. The molecular weight excluding hydrogens is 321 g/mol. The largest absolute Gasteiger partial charge is 0.573 e. The lowest BCUT2D eigenvalue weighted by atomic mass is 10.2. The first-order valence-electron chi connectivity index (χ1n) is 7.23. The number of ether oxygens (including phenoxy) is 2. The molecular formula is C17H15F3N2O2. The molecule has 0 amide bonds. The molecule has 0 N–H and O–H groups in total. The van der Waals surface area contributed by atoms with Crippen molar-refractivity contribution in [2.24, 2.45) is 0 Å². The van der Waals surface area contributed by atoms with Gasteiger partial charge in [-0.2, -0.15) is 0 Å². The smallest absolute Gasteiger partial charge is 0.495 e. The Balaban J connectivity index is 1.91. The molecule has 0 spiro atoms. The average Bonchev–Trinajstić information content (AvgIpc) is 2.96. The SMILES string of the molecule is COc1ccc([C@@H](C)n2ccc3cc(OC(F)(F)F)ccc32)nc1. The molecule has 3 aromatic rings. The first-order valence-corrected chi connectivity index (χ1v) is 7.23. The third-order valence-electron chi connectivity index (χ3n) is 3.77. The van der Waals surface area contributed by atoms with Gasteiger partial charge in [0.15, 0.2) is 0 Å². The Bertz CT molecular complexity index is 841. The van der Waals surface area contributed by atoms with Gasteiger partial charge in [0.05, 0.1) is 25.0 Å². The van der Waals surface area contributed by atoms with Crippen LogP contribution in [0.5, 0.6) is 11.5 Å². The molecule has 0 aliphatic carbocycles. The zero-order valence-corrected chi connectivity index (χ0v) is 13.0. The van der Waals surface area contributed by atoms with E-state index in [4.69, 9.17) is 4.74 Å². The number of alkyl halides is 3. The second-order valence-electron chi connectivity index (χ2n) is 5.29. The Kier molecular flexibility index (Phi) is 4.09. The summed E-state index contributed by atoms with van der Waals surface area (Å²) in [7, 11) is 1.57. The van der Waals surface area contributed by atoms with Crippen molar-refractivity contribution in [2.75, 3.05) is 7.11 Å². The van der Waals surface area contributed by atoms with E-state index in [0.29, 0.717) is 11.1 Å². The zero-order chi connectivity index (χ0) is 17.3. The van der Waals surface area contributed by atoms with Crippen LogP contribution in [0.1, 0.15) is 18.7 Å². The number of hydrogen-bond donors (Lipinski definition) is 0. The monoisotopic (exact) mass is 336 g/mol. The van der Waals surface area contributed by atoms with E-state index >= 15 is 0 Å². The van der Waals surface area contributed by atoms with Gasteiger partial charge in [0, 0.05) is 17.1 Å². The van der Waals surface area contributed by atoms with Gasteiger partial charge in [-0.3, -0.25) is 4.98 Å². The Morgan fingerprint density at radius 3 is 2.46 bits per heavy atom. The number of aromatic nitrogens is 2. The molecule has 2 aromatic heterocycles. The first-order chi connectivity index (χ1) is 11.4. The van der Waals surface area contributed by atoms with Gasteiger partial charge in [-0.05, 0) is 43.3 Å². The maximum atomic E-state index is 12.3. The minimum Gasteiger partial charge on any atom is -0.495 e. The second-order valence-corrected chi connectivity index (χ2v) is 5.29. The fraction of sp³-hybridized carbons (Fsp3) is 0.235. The summed E-state index contributed by atoms with van der Waals surface area (Å²) in [6, 6.07) is 9.63. The van der Waals surface area contributed by atoms with Gasteiger partial charge >= 0.3 is 6.36 Å². The fourth-order valence-electron chi connectivity index (χ4n) is 2.58. The van der Waals surface area contributed by atoms with Gasteiger partial charge in [-0.1, -0.05) is 0 Å². The van der Waals surface area contributed by atoms with Crippen molar-refractivity contribution in [2.45, 2.75) is 19.3 Å². The number of nitrogens with zero attached hydrogens (tertiary/aromatic N) is 2. The zero-order valence-electron chi connectivity index (χ0n) is 13.0. The van der Waals surface area contributed by atoms with Crippen LogP contribution in [0.3, 0.4) is 0 Å². The highest BCUT2D eigenvalue weighted by Crippen LogP contribution is 2.29. The lowest BCUT2D eigenvalue weighted by molar-refractivity contribution is -0.274. The molecule has 0 aliphatic rings. The van der Waals surface area contributed by atoms with Gasteiger partial charge in [0.1, 0.15) is 11.5 Å². The fourth-order valence-corrected chi connectivity index (χ4v) is 2.58. The number of hydrogen-bond acceptors (Lipinski definition) is 3. The quantitative estimate of drug-likeness (QED) is 0.701. The summed E-state index contributed by atoms with van der Waals surface area (Å²) in [6.45, 7) is 1.97. The van der Waals surface area contributed by atoms with Gasteiger partial charge < -0.3 is 14.0 Å². The van der Waals surface area contributed by atoms with E-state index in [1.54, 1.807) is 25.4 Å². The van der Waals surface area contributed by atoms with Crippen molar-refractivity contribution >= 4 is 10.9 Å². The summed E-state index contributed by atoms with van der Waals surface area (Å²) in [5.41, 5.74) is 1.62. The predicted molar refractivity (Wildman–Crippen MR) is 83.2 cm³/mol. The molecule has 24 heavy (non-hydrogen) atoms. The summed E-state index contributed by atoms with van der Waals surface area (Å²) in [4.78, 5) is 4.36. The van der Waals surface area contributed by atoms with Crippen molar-refractivity contribution in [1.29, 1.82) is 0 Å². The van der Waals surface area contributed by atoms with Crippen LogP contribution in [-0.2, 0) is 0 Å². The van der Waals surface area contributed by atoms with E-state index in [9.17, 15) is 13.2 Å². The summed E-state index contributed by atoms with van der Waals surface area (Å²) in [6.07, 6.45) is -1.25. The molecule has 0 saturated heterocycles. The molecule has 1 aromatic carbocycles. The van der Waals surface area contributed by atoms with E-state index < -0.39 is 6.36 Å². The van der Waals surface area contributed by atoms with Crippen LogP contribution >= 0.6 is 0 Å². The highest BCUT2D eigenvalue weighted by Gasteiger charge is 2.31. The van der Waals surface area contributed by atoms with Crippen molar-refractivity contribution in [3.8, 4) is 11.5 Å². The van der Waals surface area contributed by atoms with Gasteiger partial charge in [-0.25, -0.2) is 0 Å². The maximum absolute atomic E-state index is 12.3. The standard InChI is InChI=1S/C17H15F3N2O2/c1-11(15-5-3-14(23-2)10-21-15)22-8-7-12-9-13(4-6-16(12)22)24-17(18,19)20/h3-11H,1-2H3/t11-/m1/s1. The summed E-state index contributed by atoms with van der Waals surface area (Å²) >= 11 is 0. The Hall–Kier alpha value is -2.70. The van der Waals surface area contributed by atoms with Gasteiger partial charge in [-0.15, -0.1) is 13.2 Å². The molecule has 1 atom stereocenters. The third-order valence-corrected chi connectivity index (χ3v) is 3.77. The second kappa shape index (κ2) is 6.07. The van der Waals surface area contributed by atoms with Crippen LogP contribution in [0.4, 0.5) is 13.2 Å². The first kappa shape index (κ1) is 16.2. The van der Waals surface area contributed by atoms with Crippen molar-refractivity contribution in [1.82, 2.24) is 9.55 Å². The lowest BCUT2D eigenvalue weighted by Gasteiger charge is -2.15. The van der Waals surface area contributed by atoms with Gasteiger partial charge in [0.2, 0.25) is 0 Å². The molecule has 2 heterocycles. The molecule has 0 fully saturated rings. The minimum absolute atomic E-state index is 0.0807. The van der Waals surface area contributed by atoms with Crippen molar-refractivity contribution < 1.29 is 22.6 Å². The number of pyridine rings is 1. The van der Waals surface area contributed by atoms with Crippen LogP contribution in [0, 0.1) is 0 Å². The molecule has 0 unspecified atom stereocenters. The molecule has 0 aliphatic heterocycles.